The molecule has 3 rings (SSSR count). The molecule has 0 radical (unpaired) electrons. The van der Waals surface area contributed by atoms with E-state index in [4.69, 9.17) is 9.47 Å². The van der Waals surface area contributed by atoms with Gasteiger partial charge in [-0.15, -0.1) is 0 Å². The number of nitrogens with one attached hydrogen (secondary N) is 1. The van der Waals surface area contributed by atoms with Crippen molar-refractivity contribution in [3.8, 4) is 0 Å². The molecule has 1 aromatic heterocycles. The van der Waals surface area contributed by atoms with Crippen molar-refractivity contribution in [1.29, 1.82) is 0 Å². The maximum atomic E-state index is 5.85. The number of ether oxygens (including phenoxy) is 2. The number of anilines is 1. The van der Waals surface area contributed by atoms with Gasteiger partial charge in [0.15, 0.2) is 0 Å². The predicted octanol–water partition coefficient (Wildman–Crippen LogP) is 2.54. The van der Waals surface area contributed by atoms with E-state index < -0.39 is 0 Å². The Morgan fingerprint density at radius 2 is 2.33 bits per heavy atom. The van der Waals surface area contributed by atoms with E-state index in [-0.39, 0.29) is 12.1 Å². The van der Waals surface area contributed by atoms with Gasteiger partial charge in [0.2, 0.25) is 0 Å². The minimum atomic E-state index is 0.184. The van der Waals surface area contributed by atoms with Gasteiger partial charge in [-0.3, -0.25) is 0 Å². The topological polar surface area (TPSA) is 56.3 Å². The van der Waals surface area contributed by atoms with Crippen LogP contribution in [0.15, 0.2) is 24.5 Å². The highest BCUT2D eigenvalue weighted by Crippen LogP contribution is 2.23. The Balaban J connectivity index is 1.69. The second kappa shape index (κ2) is 6.37. The van der Waals surface area contributed by atoms with Gasteiger partial charge in [0.1, 0.15) is 12.1 Å². The standard InChI is InChI=1S/C16H21N3O2/c1-11-4-3-5-14-15(11)16(18-10-17-14)19-12(2)8-21-13-6-7-20-9-13/h3-5,10,12-13H,6-9H2,1-2H3,(H,17,18,19). The molecule has 1 saturated heterocycles. The van der Waals surface area contributed by atoms with Gasteiger partial charge in [0.05, 0.1) is 24.8 Å². The van der Waals surface area contributed by atoms with E-state index in [0.717, 1.165) is 29.7 Å². The summed E-state index contributed by atoms with van der Waals surface area (Å²) in [5, 5.41) is 4.51. The number of aromatic nitrogens is 2. The van der Waals surface area contributed by atoms with Crippen molar-refractivity contribution in [3.05, 3.63) is 30.1 Å². The van der Waals surface area contributed by atoms with Crippen LogP contribution in [-0.2, 0) is 9.47 Å². The van der Waals surface area contributed by atoms with Crippen molar-refractivity contribution in [3.63, 3.8) is 0 Å². The summed E-state index contributed by atoms with van der Waals surface area (Å²) in [6.07, 6.45) is 2.82. The van der Waals surface area contributed by atoms with Crippen LogP contribution < -0.4 is 5.32 Å². The first kappa shape index (κ1) is 14.2. The second-order valence-electron chi connectivity index (χ2n) is 5.56. The predicted molar refractivity (Wildman–Crippen MR) is 82.5 cm³/mol. The average Bonchev–Trinajstić information content (AvgIpc) is 2.99. The molecule has 2 heterocycles. The summed E-state index contributed by atoms with van der Waals surface area (Å²) in [5.41, 5.74) is 2.14. The number of hydrogen-bond acceptors (Lipinski definition) is 5. The van der Waals surface area contributed by atoms with Gasteiger partial charge in [0, 0.05) is 18.0 Å². The molecule has 2 aromatic rings. The SMILES string of the molecule is Cc1cccc2ncnc(NC(C)COC3CCOC3)c12. The van der Waals surface area contributed by atoms with Crippen molar-refractivity contribution in [2.24, 2.45) is 0 Å². The number of rotatable bonds is 5. The number of benzene rings is 1. The maximum Gasteiger partial charge on any atom is 0.137 e. The first-order chi connectivity index (χ1) is 10.2. The van der Waals surface area contributed by atoms with Crippen molar-refractivity contribution in [2.75, 3.05) is 25.1 Å². The lowest BCUT2D eigenvalue weighted by molar-refractivity contribution is 0.0395. The van der Waals surface area contributed by atoms with Crippen LogP contribution in [0.4, 0.5) is 5.82 Å². The Hall–Kier alpha value is -1.72. The van der Waals surface area contributed by atoms with Crippen LogP contribution in [0.1, 0.15) is 18.9 Å². The Morgan fingerprint density at radius 1 is 1.43 bits per heavy atom. The van der Waals surface area contributed by atoms with Crippen LogP contribution in [0.25, 0.3) is 10.9 Å². The molecule has 0 saturated carbocycles. The minimum Gasteiger partial charge on any atom is -0.379 e. The summed E-state index contributed by atoms with van der Waals surface area (Å²) in [5.74, 6) is 0.872. The third-order valence-corrected chi connectivity index (χ3v) is 3.72. The molecule has 0 amide bonds. The normalized spacial score (nSPS) is 19.8. The molecular formula is C16H21N3O2. The zero-order chi connectivity index (χ0) is 14.7. The fourth-order valence-electron chi connectivity index (χ4n) is 2.59. The molecule has 2 atom stereocenters. The van der Waals surface area contributed by atoms with Gasteiger partial charge in [0.25, 0.3) is 0 Å². The summed E-state index contributed by atoms with van der Waals surface area (Å²) < 4.78 is 11.2. The molecule has 0 aliphatic carbocycles. The highest BCUT2D eigenvalue weighted by molar-refractivity contribution is 5.91. The highest BCUT2D eigenvalue weighted by Gasteiger charge is 2.17. The van der Waals surface area contributed by atoms with Crippen LogP contribution in [0.2, 0.25) is 0 Å². The first-order valence-corrected chi connectivity index (χ1v) is 7.40. The van der Waals surface area contributed by atoms with E-state index in [9.17, 15) is 0 Å². The average molecular weight is 287 g/mol. The number of aryl methyl sites for hydroxylation is 1. The Bertz CT molecular complexity index is 606. The fourth-order valence-corrected chi connectivity index (χ4v) is 2.59. The Morgan fingerprint density at radius 3 is 3.14 bits per heavy atom. The van der Waals surface area contributed by atoms with Crippen LogP contribution in [0.3, 0.4) is 0 Å². The number of nitrogens with zero attached hydrogens (tertiary/aromatic N) is 2. The van der Waals surface area contributed by atoms with Crippen LogP contribution in [0, 0.1) is 6.92 Å². The third-order valence-electron chi connectivity index (χ3n) is 3.72. The zero-order valence-corrected chi connectivity index (χ0v) is 12.5. The van der Waals surface area contributed by atoms with Crippen molar-refractivity contribution < 1.29 is 9.47 Å². The molecule has 5 nitrogen and oxygen atoms in total. The lowest BCUT2D eigenvalue weighted by atomic mass is 10.1. The lowest BCUT2D eigenvalue weighted by Gasteiger charge is -2.18. The van der Waals surface area contributed by atoms with Crippen LogP contribution in [-0.4, -0.2) is 41.9 Å². The molecule has 21 heavy (non-hydrogen) atoms. The number of fused-ring (bicyclic) bond motifs is 1. The fraction of sp³-hybridized carbons (Fsp3) is 0.500. The minimum absolute atomic E-state index is 0.184. The van der Waals surface area contributed by atoms with E-state index in [1.807, 2.05) is 12.1 Å². The molecule has 2 unspecified atom stereocenters. The van der Waals surface area contributed by atoms with Gasteiger partial charge >= 0.3 is 0 Å². The Kier molecular flexibility index (Phi) is 4.31. The summed E-state index contributed by atoms with van der Waals surface area (Å²) >= 11 is 0. The molecule has 1 aliphatic rings. The summed E-state index contributed by atoms with van der Waals surface area (Å²) in [7, 11) is 0. The molecule has 1 aliphatic heterocycles. The smallest absolute Gasteiger partial charge is 0.137 e. The second-order valence-corrected chi connectivity index (χ2v) is 5.56. The summed E-state index contributed by atoms with van der Waals surface area (Å²) in [4.78, 5) is 8.71. The van der Waals surface area contributed by atoms with Crippen LogP contribution in [0.5, 0.6) is 0 Å². The van der Waals surface area contributed by atoms with E-state index in [1.165, 1.54) is 5.56 Å². The molecule has 0 bridgehead atoms. The van der Waals surface area contributed by atoms with Gasteiger partial charge in [-0.05, 0) is 31.9 Å². The third kappa shape index (κ3) is 3.31. The quantitative estimate of drug-likeness (QED) is 0.916. The van der Waals surface area contributed by atoms with Gasteiger partial charge in [-0.1, -0.05) is 12.1 Å². The summed E-state index contributed by atoms with van der Waals surface area (Å²) in [6, 6.07) is 6.28. The van der Waals surface area contributed by atoms with E-state index >= 15 is 0 Å². The molecule has 5 heteroatoms. The van der Waals surface area contributed by atoms with E-state index in [1.54, 1.807) is 6.33 Å². The molecule has 1 fully saturated rings. The molecule has 1 N–H and O–H groups in total. The molecule has 0 spiro atoms. The molecule has 1 aromatic carbocycles. The largest absolute Gasteiger partial charge is 0.379 e. The maximum absolute atomic E-state index is 5.85. The van der Waals surface area contributed by atoms with Gasteiger partial charge < -0.3 is 14.8 Å². The highest BCUT2D eigenvalue weighted by atomic mass is 16.5. The van der Waals surface area contributed by atoms with Crippen molar-refractivity contribution in [2.45, 2.75) is 32.4 Å². The number of hydrogen-bond donors (Lipinski definition) is 1. The van der Waals surface area contributed by atoms with Crippen molar-refractivity contribution >= 4 is 16.7 Å². The van der Waals surface area contributed by atoms with E-state index in [2.05, 4.69) is 35.2 Å². The zero-order valence-electron chi connectivity index (χ0n) is 12.5. The molecule has 112 valence electrons. The van der Waals surface area contributed by atoms with Gasteiger partial charge in [-0.2, -0.15) is 0 Å². The monoisotopic (exact) mass is 287 g/mol. The van der Waals surface area contributed by atoms with E-state index in [0.29, 0.717) is 13.2 Å². The van der Waals surface area contributed by atoms with Gasteiger partial charge in [-0.25, -0.2) is 9.97 Å². The summed E-state index contributed by atoms with van der Waals surface area (Å²) in [6.45, 7) is 6.34. The van der Waals surface area contributed by atoms with Crippen molar-refractivity contribution in [1.82, 2.24) is 9.97 Å². The Labute approximate surface area is 124 Å². The molecular weight excluding hydrogens is 266 g/mol. The lowest BCUT2D eigenvalue weighted by Crippen LogP contribution is -2.26. The first-order valence-electron chi connectivity index (χ1n) is 7.40. The van der Waals surface area contributed by atoms with Crippen LogP contribution >= 0.6 is 0 Å².